The van der Waals surface area contributed by atoms with Crippen LogP contribution in [0.3, 0.4) is 0 Å². The van der Waals surface area contributed by atoms with E-state index in [1.165, 1.54) is 42.0 Å². The van der Waals surface area contributed by atoms with Crippen LogP contribution in [0, 0.1) is 5.92 Å². The molecule has 2 N–H and O–H groups in total. The van der Waals surface area contributed by atoms with Gasteiger partial charge in [0.1, 0.15) is 18.0 Å². The summed E-state index contributed by atoms with van der Waals surface area (Å²) in [6.45, 7) is 4.94. The Kier molecular flexibility index (Phi) is 9.20. The first kappa shape index (κ1) is 27.4. The number of ether oxygens (including phenoxy) is 2. The first-order valence-electron chi connectivity index (χ1n) is 10.8. The Labute approximate surface area is 211 Å². The number of hydrogen-bond acceptors (Lipinski definition) is 8. The molecule has 1 fully saturated rings. The molecule has 0 amide bonds. The van der Waals surface area contributed by atoms with Crippen LogP contribution in [0.15, 0.2) is 40.1 Å². The van der Waals surface area contributed by atoms with Crippen molar-refractivity contribution >= 4 is 36.9 Å². The van der Waals surface area contributed by atoms with Gasteiger partial charge < -0.3 is 14.0 Å². The largest absolute Gasteiger partial charge is 0.465 e. The molecule has 0 radical (unpaired) electrons. The monoisotopic (exact) mass is 549 g/mol. The molecule has 1 aliphatic rings. The zero-order valence-corrected chi connectivity index (χ0v) is 21.6. The van der Waals surface area contributed by atoms with Gasteiger partial charge in [-0.15, -0.1) is 0 Å². The minimum Gasteiger partial charge on any atom is -0.465 e. The fourth-order valence-electron chi connectivity index (χ4n) is 3.49. The Balaban J connectivity index is 1.74. The summed E-state index contributed by atoms with van der Waals surface area (Å²) >= 11 is 12.0. The standard InChI is InChI=1S/C21H26Cl2N3O8P/c1-4-31-20(28)13(3)25-35(30,34-14-5-6-16(22)17(23)10-14)32-11-15-9-12(2)19(33-15)26-8-7-18(27)24-21(26)29/h5-8,10,12-13,15,19H,4,9,11H2,1-3H3,(H,25,30)(H,24,27,29)/t12-,13-,15?,19-,35?/m1/s1. The fourth-order valence-corrected chi connectivity index (χ4v) is 5.29. The summed E-state index contributed by atoms with van der Waals surface area (Å²) in [7, 11) is -4.14. The van der Waals surface area contributed by atoms with Crippen LogP contribution in [0.5, 0.6) is 5.75 Å². The minimum absolute atomic E-state index is 0.102. The van der Waals surface area contributed by atoms with E-state index in [0.717, 1.165) is 0 Å². The number of benzene rings is 1. The van der Waals surface area contributed by atoms with Gasteiger partial charge in [-0.2, -0.15) is 5.09 Å². The van der Waals surface area contributed by atoms with Crippen molar-refractivity contribution in [3.8, 4) is 5.75 Å². The van der Waals surface area contributed by atoms with E-state index in [1.807, 2.05) is 6.92 Å². The number of halogens is 2. The maximum atomic E-state index is 13.6. The Morgan fingerprint density at radius 3 is 2.71 bits per heavy atom. The van der Waals surface area contributed by atoms with Crippen molar-refractivity contribution in [2.75, 3.05) is 13.2 Å². The van der Waals surface area contributed by atoms with Crippen LogP contribution < -0.4 is 20.9 Å². The molecule has 1 aromatic carbocycles. The van der Waals surface area contributed by atoms with Crippen molar-refractivity contribution < 1.29 is 27.9 Å². The quantitative estimate of drug-likeness (QED) is 0.336. The van der Waals surface area contributed by atoms with Crippen LogP contribution in [0.1, 0.15) is 33.4 Å². The zero-order valence-electron chi connectivity index (χ0n) is 19.2. The van der Waals surface area contributed by atoms with Gasteiger partial charge >= 0.3 is 19.4 Å². The first-order chi connectivity index (χ1) is 16.5. The fraction of sp³-hybridized carbons (Fsp3) is 0.476. The molecule has 5 atom stereocenters. The molecule has 0 saturated carbocycles. The summed E-state index contributed by atoms with van der Waals surface area (Å²) in [4.78, 5) is 37.8. The molecule has 11 nitrogen and oxygen atoms in total. The van der Waals surface area contributed by atoms with E-state index in [9.17, 15) is 18.9 Å². The average molecular weight is 550 g/mol. The summed E-state index contributed by atoms with van der Waals surface area (Å²) in [5.74, 6) is -0.657. The third kappa shape index (κ3) is 7.19. The molecule has 35 heavy (non-hydrogen) atoms. The van der Waals surface area contributed by atoms with Crippen LogP contribution in [0.25, 0.3) is 0 Å². The lowest BCUT2D eigenvalue weighted by molar-refractivity contribution is -0.144. The molecule has 2 heterocycles. The molecule has 2 unspecified atom stereocenters. The number of nitrogens with one attached hydrogen (secondary N) is 2. The van der Waals surface area contributed by atoms with Crippen molar-refractivity contribution in [1.29, 1.82) is 0 Å². The second-order valence-corrected chi connectivity index (χ2v) is 10.5. The SMILES string of the molecule is CCOC(=O)[C@@H](C)NP(=O)(OCC1C[C@@H](C)[C@H](n2ccc(=O)[nH]c2=O)O1)Oc1ccc(Cl)c(Cl)c1. The number of rotatable bonds is 10. The Hall–Kier alpha value is -2.14. The van der Waals surface area contributed by atoms with Crippen molar-refractivity contribution in [2.45, 2.75) is 45.6 Å². The predicted molar refractivity (Wildman–Crippen MR) is 129 cm³/mol. The zero-order chi connectivity index (χ0) is 25.8. The third-order valence-corrected chi connectivity index (χ3v) is 7.50. The van der Waals surface area contributed by atoms with E-state index >= 15 is 0 Å². The molecule has 3 rings (SSSR count). The van der Waals surface area contributed by atoms with Gasteiger partial charge in [-0.1, -0.05) is 30.1 Å². The summed E-state index contributed by atoms with van der Waals surface area (Å²) < 4.78 is 37.0. The molecule has 0 spiro atoms. The molecule has 14 heteroatoms. The Morgan fingerprint density at radius 1 is 1.31 bits per heavy atom. The first-order valence-corrected chi connectivity index (χ1v) is 13.1. The maximum Gasteiger partial charge on any atom is 0.459 e. The number of aromatic amines is 1. The molecule has 1 aromatic heterocycles. The highest BCUT2D eigenvalue weighted by molar-refractivity contribution is 7.52. The lowest BCUT2D eigenvalue weighted by Crippen LogP contribution is -2.35. The van der Waals surface area contributed by atoms with Gasteiger partial charge in [0.05, 0.1) is 29.4 Å². The summed E-state index contributed by atoms with van der Waals surface area (Å²) in [6, 6.07) is 4.49. The van der Waals surface area contributed by atoms with Gasteiger partial charge in [0, 0.05) is 24.2 Å². The Morgan fingerprint density at radius 2 is 2.06 bits per heavy atom. The van der Waals surface area contributed by atoms with Gasteiger partial charge in [-0.3, -0.25) is 23.7 Å². The van der Waals surface area contributed by atoms with Crippen molar-refractivity contribution in [3.63, 3.8) is 0 Å². The topological polar surface area (TPSA) is 138 Å². The average Bonchev–Trinajstić information content (AvgIpc) is 3.15. The number of aromatic nitrogens is 2. The van der Waals surface area contributed by atoms with Gasteiger partial charge in [-0.25, -0.2) is 9.36 Å². The van der Waals surface area contributed by atoms with Crippen molar-refractivity contribution in [3.05, 3.63) is 61.3 Å². The van der Waals surface area contributed by atoms with E-state index in [1.54, 1.807) is 6.92 Å². The summed E-state index contributed by atoms with van der Waals surface area (Å²) in [5, 5.41) is 3.02. The van der Waals surface area contributed by atoms with E-state index < -0.39 is 43.3 Å². The van der Waals surface area contributed by atoms with Crippen molar-refractivity contribution in [2.24, 2.45) is 5.92 Å². The lowest BCUT2D eigenvalue weighted by Gasteiger charge is -2.24. The minimum atomic E-state index is -4.14. The maximum absolute atomic E-state index is 13.6. The molecule has 2 aromatic rings. The number of carbonyl (C=O) groups is 1. The van der Waals surface area contributed by atoms with Crippen LogP contribution in [0.2, 0.25) is 10.0 Å². The molecule has 1 aliphatic heterocycles. The Bertz CT molecular complexity index is 1220. The predicted octanol–water partition coefficient (Wildman–Crippen LogP) is 3.51. The van der Waals surface area contributed by atoms with Gasteiger partial charge in [0.15, 0.2) is 0 Å². The van der Waals surface area contributed by atoms with E-state index in [-0.39, 0.29) is 34.9 Å². The lowest BCUT2D eigenvalue weighted by atomic mass is 10.1. The molecule has 0 aliphatic carbocycles. The van der Waals surface area contributed by atoms with Crippen LogP contribution in [-0.2, 0) is 23.4 Å². The summed E-state index contributed by atoms with van der Waals surface area (Å²) in [5.41, 5.74) is -1.12. The van der Waals surface area contributed by atoms with Crippen LogP contribution in [-0.4, -0.2) is 40.9 Å². The number of nitrogens with zero attached hydrogens (tertiary/aromatic N) is 1. The van der Waals surface area contributed by atoms with E-state index in [4.69, 9.17) is 41.7 Å². The number of carbonyl (C=O) groups excluding carboxylic acids is 1. The second-order valence-electron chi connectivity index (χ2n) is 7.94. The smallest absolute Gasteiger partial charge is 0.459 e. The van der Waals surface area contributed by atoms with E-state index in [2.05, 4.69) is 10.1 Å². The highest BCUT2D eigenvalue weighted by atomic mass is 35.5. The molecular formula is C21H26Cl2N3O8P. The number of esters is 1. The highest BCUT2D eigenvalue weighted by Crippen LogP contribution is 2.47. The van der Waals surface area contributed by atoms with Crippen LogP contribution >= 0.6 is 30.9 Å². The normalized spacial score (nSPS) is 22.4. The van der Waals surface area contributed by atoms with Crippen LogP contribution in [0.4, 0.5) is 0 Å². The van der Waals surface area contributed by atoms with Gasteiger partial charge in [-0.05, 0) is 32.4 Å². The van der Waals surface area contributed by atoms with Gasteiger partial charge in [0.2, 0.25) is 0 Å². The van der Waals surface area contributed by atoms with Crippen molar-refractivity contribution in [1.82, 2.24) is 14.6 Å². The highest BCUT2D eigenvalue weighted by Gasteiger charge is 2.38. The second kappa shape index (κ2) is 11.7. The molecule has 0 bridgehead atoms. The third-order valence-electron chi connectivity index (χ3n) is 5.12. The van der Waals surface area contributed by atoms with Gasteiger partial charge in [0.25, 0.3) is 5.56 Å². The molecule has 1 saturated heterocycles. The van der Waals surface area contributed by atoms with E-state index in [0.29, 0.717) is 6.42 Å². The summed E-state index contributed by atoms with van der Waals surface area (Å²) in [6.07, 6.45) is 0.608. The number of H-pyrrole nitrogens is 1. The number of hydrogen-bond donors (Lipinski definition) is 2. The molecular weight excluding hydrogens is 524 g/mol. The molecule has 192 valence electrons.